The van der Waals surface area contributed by atoms with Gasteiger partial charge in [0.1, 0.15) is 0 Å². The van der Waals surface area contributed by atoms with Crippen LogP contribution in [0.1, 0.15) is 18.4 Å². The average molecular weight is 410 g/mol. The van der Waals surface area contributed by atoms with Crippen molar-refractivity contribution in [3.8, 4) is 11.5 Å². The lowest BCUT2D eigenvalue weighted by Crippen LogP contribution is -2.31. The lowest BCUT2D eigenvalue weighted by molar-refractivity contribution is -0.137. The van der Waals surface area contributed by atoms with E-state index in [1.165, 1.54) is 6.07 Å². The summed E-state index contributed by atoms with van der Waals surface area (Å²) in [6.07, 6.45) is -2.90. The molecule has 0 aliphatic carbocycles. The quantitative estimate of drug-likeness (QED) is 0.612. The van der Waals surface area contributed by atoms with Crippen LogP contribution in [0.5, 0.6) is 11.5 Å². The molecule has 5 nitrogen and oxygen atoms in total. The van der Waals surface area contributed by atoms with Crippen molar-refractivity contribution in [2.24, 2.45) is 0 Å². The molecule has 0 radical (unpaired) electrons. The molecule has 2 N–H and O–H groups in total. The molecule has 3 rings (SSSR count). The van der Waals surface area contributed by atoms with Gasteiger partial charge in [-0.1, -0.05) is 12.1 Å². The summed E-state index contributed by atoms with van der Waals surface area (Å²) in [6, 6.07) is 10.8. The number of hydrogen-bond acceptors (Lipinski definition) is 5. The molecule has 0 bridgehead atoms. The van der Waals surface area contributed by atoms with Gasteiger partial charge in [-0.05, 0) is 49.7 Å². The number of nitrogens with zero attached hydrogens (tertiary/aromatic N) is 2. The van der Waals surface area contributed by atoms with Crippen molar-refractivity contribution in [3.63, 3.8) is 0 Å². The zero-order chi connectivity index (χ0) is 20.9. The van der Waals surface area contributed by atoms with Crippen molar-refractivity contribution in [1.29, 1.82) is 0 Å². The smallest absolute Gasteiger partial charge is 0.416 e. The van der Waals surface area contributed by atoms with E-state index in [4.69, 9.17) is 14.9 Å². The van der Waals surface area contributed by atoms with Gasteiger partial charge in [-0.2, -0.15) is 13.2 Å². The van der Waals surface area contributed by atoms with Crippen LogP contribution in [-0.4, -0.2) is 54.5 Å². The first kappa shape index (κ1) is 21.4. The average Bonchev–Trinajstić information content (AvgIpc) is 2.69. The monoisotopic (exact) mass is 410 g/mol. The second-order valence-electron chi connectivity index (χ2n) is 6.90. The Hall–Kier alpha value is -2.29. The maximum absolute atomic E-state index is 13.2. The number of fused-ring (bicyclic) bond motifs is 2. The van der Waals surface area contributed by atoms with Gasteiger partial charge >= 0.3 is 6.18 Å². The van der Waals surface area contributed by atoms with E-state index in [0.29, 0.717) is 43.4 Å². The largest absolute Gasteiger partial charge is 0.453 e. The van der Waals surface area contributed by atoms with Crippen LogP contribution in [0.25, 0.3) is 0 Å². The van der Waals surface area contributed by atoms with E-state index >= 15 is 0 Å². The molecule has 0 fully saturated rings. The van der Waals surface area contributed by atoms with Crippen LogP contribution < -0.4 is 9.64 Å². The number of ether oxygens (including phenoxy) is 1. The first-order valence-electron chi connectivity index (χ1n) is 9.64. The summed E-state index contributed by atoms with van der Waals surface area (Å²) in [4.78, 5) is 3.83. The van der Waals surface area contributed by atoms with E-state index in [1.54, 1.807) is 6.07 Å². The molecule has 0 amide bonds. The number of alkyl halides is 3. The Balaban J connectivity index is 1.77. The summed E-state index contributed by atoms with van der Waals surface area (Å²) in [5.41, 5.74) is 0.435. The zero-order valence-electron chi connectivity index (χ0n) is 16.0. The Morgan fingerprint density at radius 1 is 0.862 bits per heavy atom. The first-order valence-corrected chi connectivity index (χ1v) is 9.64. The number of halogens is 3. The van der Waals surface area contributed by atoms with Crippen molar-refractivity contribution in [3.05, 3.63) is 48.0 Å². The highest BCUT2D eigenvalue weighted by molar-refractivity contribution is 5.78. The minimum Gasteiger partial charge on any atom is -0.453 e. The molecule has 2 aromatic carbocycles. The third-order valence-electron chi connectivity index (χ3n) is 4.89. The molecule has 2 aromatic rings. The predicted octanol–water partition coefficient (Wildman–Crippen LogP) is 4.02. The van der Waals surface area contributed by atoms with Crippen molar-refractivity contribution in [2.75, 3.05) is 44.3 Å². The van der Waals surface area contributed by atoms with Gasteiger partial charge in [0, 0.05) is 19.6 Å². The molecule has 0 saturated carbocycles. The lowest BCUT2D eigenvalue weighted by atomic mass is 10.1. The van der Waals surface area contributed by atoms with E-state index < -0.39 is 11.7 Å². The number of aliphatic hydroxyl groups excluding tert-OH is 2. The maximum Gasteiger partial charge on any atom is 0.416 e. The lowest BCUT2D eigenvalue weighted by Gasteiger charge is -2.33. The molecule has 1 heterocycles. The van der Waals surface area contributed by atoms with Gasteiger partial charge in [0.05, 0.1) is 30.2 Å². The Kier molecular flexibility index (Phi) is 7.00. The molecule has 0 spiro atoms. The van der Waals surface area contributed by atoms with Gasteiger partial charge in [0.15, 0.2) is 11.5 Å². The Labute approximate surface area is 167 Å². The van der Waals surface area contributed by atoms with E-state index in [0.717, 1.165) is 30.7 Å². The number of unbranched alkanes of at least 4 members (excludes halogenated alkanes) is 1. The second kappa shape index (κ2) is 9.47. The van der Waals surface area contributed by atoms with E-state index in [1.807, 2.05) is 28.0 Å². The van der Waals surface area contributed by atoms with Crippen molar-refractivity contribution >= 4 is 11.4 Å². The van der Waals surface area contributed by atoms with Crippen LogP contribution in [0.2, 0.25) is 0 Å². The number of anilines is 2. The molecule has 1 aliphatic heterocycles. The Morgan fingerprint density at radius 3 is 2.24 bits per heavy atom. The van der Waals surface area contributed by atoms with Gasteiger partial charge in [-0.15, -0.1) is 0 Å². The summed E-state index contributed by atoms with van der Waals surface area (Å²) >= 11 is 0. The van der Waals surface area contributed by atoms with E-state index in [2.05, 4.69) is 0 Å². The first-order chi connectivity index (χ1) is 13.9. The van der Waals surface area contributed by atoms with Gasteiger partial charge < -0.3 is 19.8 Å². The fourth-order valence-corrected chi connectivity index (χ4v) is 3.47. The minimum atomic E-state index is -4.42. The summed E-state index contributed by atoms with van der Waals surface area (Å²) < 4.78 is 45.5. The van der Waals surface area contributed by atoms with Crippen LogP contribution in [0.3, 0.4) is 0 Å². The SMILES string of the molecule is OCCN(CCO)CCCCN1c2ccccc2Oc2ccc(C(F)(F)F)cc21. The highest BCUT2D eigenvalue weighted by Gasteiger charge is 2.33. The summed E-state index contributed by atoms with van der Waals surface area (Å²) in [7, 11) is 0. The molecule has 0 atom stereocenters. The molecule has 0 aromatic heterocycles. The Morgan fingerprint density at radius 2 is 1.55 bits per heavy atom. The number of hydrogen-bond donors (Lipinski definition) is 2. The van der Waals surface area contributed by atoms with Gasteiger partial charge in [-0.25, -0.2) is 0 Å². The molecule has 158 valence electrons. The number of benzene rings is 2. The Bertz CT molecular complexity index is 808. The molecule has 8 heteroatoms. The molecule has 0 unspecified atom stereocenters. The van der Waals surface area contributed by atoms with Crippen molar-refractivity contribution in [2.45, 2.75) is 19.0 Å². The van der Waals surface area contributed by atoms with Crippen molar-refractivity contribution in [1.82, 2.24) is 4.90 Å². The topological polar surface area (TPSA) is 56.2 Å². The second-order valence-corrected chi connectivity index (χ2v) is 6.90. The number of rotatable bonds is 9. The van der Waals surface area contributed by atoms with Crippen LogP contribution in [0.4, 0.5) is 24.5 Å². The van der Waals surface area contributed by atoms with Crippen LogP contribution in [-0.2, 0) is 6.18 Å². The molecule has 1 aliphatic rings. The molecule has 0 saturated heterocycles. The minimum absolute atomic E-state index is 0.0183. The van der Waals surface area contributed by atoms with E-state index in [9.17, 15) is 13.2 Å². The molecule has 29 heavy (non-hydrogen) atoms. The summed E-state index contributed by atoms with van der Waals surface area (Å²) in [6.45, 7) is 2.23. The zero-order valence-corrected chi connectivity index (χ0v) is 16.0. The third kappa shape index (κ3) is 5.20. The predicted molar refractivity (Wildman–Crippen MR) is 105 cm³/mol. The normalized spacial score (nSPS) is 13.2. The van der Waals surface area contributed by atoms with Crippen LogP contribution in [0, 0.1) is 0 Å². The number of para-hydroxylation sites is 2. The highest BCUT2D eigenvalue weighted by atomic mass is 19.4. The van der Waals surface area contributed by atoms with Crippen LogP contribution >= 0.6 is 0 Å². The molecular weight excluding hydrogens is 385 g/mol. The van der Waals surface area contributed by atoms with Crippen LogP contribution in [0.15, 0.2) is 42.5 Å². The van der Waals surface area contributed by atoms with Gasteiger partial charge in [0.25, 0.3) is 0 Å². The standard InChI is InChI=1S/C21H25F3N2O3/c22-21(23,24)16-7-8-20-18(15-16)26(17-5-1-2-6-19(17)29-20)10-4-3-9-25(11-13-27)12-14-28/h1-2,5-8,15,27-28H,3-4,9-14H2. The summed E-state index contributed by atoms with van der Waals surface area (Å²) in [5.74, 6) is 1.01. The van der Waals surface area contributed by atoms with Crippen molar-refractivity contribution < 1.29 is 28.1 Å². The fourth-order valence-electron chi connectivity index (χ4n) is 3.47. The van der Waals surface area contributed by atoms with Gasteiger partial charge in [0.2, 0.25) is 0 Å². The van der Waals surface area contributed by atoms with Gasteiger partial charge in [-0.3, -0.25) is 4.90 Å². The van der Waals surface area contributed by atoms with E-state index in [-0.39, 0.29) is 13.2 Å². The number of aliphatic hydroxyl groups is 2. The summed E-state index contributed by atoms with van der Waals surface area (Å²) in [5, 5.41) is 18.2. The highest BCUT2D eigenvalue weighted by Crippen LogP contribution is 2.48. The molecular formula is C21H25F3N2O3. The fraction of sp³-hybridized carbons (Fsp3) is 0.429. The third-order valence-corrected chi connectivity index (χ3v) is 4.89. The maximum atomic E-state index is 13.2.